The minimum Gasteiger partial charge on any atom is -0.411 e. The van der Waals surface area contributed by atoms with E-state index >= 15 is 0 Å². The summed E-state index contributed by atoms with van der Waals surface area (Å²) >= 11 is 1.61. The van der Waals surface area contributed by atoms with Crippen LogP contribution in [0.1, 0.15) is 42.6 Å². The molecule has 0 spiro atoms. The molecule has 0 aliphatic carbocycles. The van der Waals surface area contributed by atoms with Crippen molar-refractivity contribution in [2.45, 2.75) is 43.2 Å². The maximum atomic E-state index is 10.4. The van der Waals surface area contributed by atoms with Gasteiger partial charge in [0.25, 0.3) is 5.22 Å². The summed E-state index contributed by atoms with van der Waals surface area (Å²) in [6, 6.07) is 18.4. The molecule has 0 bridgehead atoms. The Kier molecular flexibility index (Phi) is 9.65. The van der Waals surface area contributed by atoms with Gasteiger partial charge in [0.2, 0.25) is 5.89 Å². The maximum Gasteiger partial charge on any atom is 0.694 e. The number of nitrogens with zero attached hydrogens (tertiary/aromatic N) is 2. The SMILES string of the molecule is CCCC(Sc1nnc(-c2ccc(CNCCCO[P+](=O)O)cc2)o1)c1ccccc1. The van der Waals surface area contributed by atoms with Crippen LogP contribution in [-0.2, 0) is 15.6 Å². The van der Waals surface area contributed by atoms with E-state index in [1.165, 1.54) is 5.56 Å². The van der Waals surface area contributed by atoms with Crippen LogP contribution >= 0.6 is 20.0 Å². The molecular weight excluding hydrogens is 433 g/mol. The molecule has 2 unspecified atom stereocenters. The highest BCUT2D eigenvalue weighted by molar-refractivity contribution is 7.99. The highest BCUT2D eigenvalue weighted by atomic mass is 32.2. The first kappa shape index (κ1) is 23.6. The van der Waals surface area contributed by atoms with Crippen molar-refractivity contribution < 1.29 is 18.4 Å². The number of nitrogens with one attached hydrogen (secondary N) is 1. The minimum atomic E-state index is -2.51. The van der Waals surface area contributed by atoms with E-state index in [1.54, 1.807) is 11.8 Å². The van der Waals surface area contributed by atoms with Crippen LogP contribution in [-0.4, -0.2) is 28.2 Å². The topological polar surface area (TPSA) is 97.5 Å². The van der Waals surface area contributed by atoms with Gasteiger partial charge in [-0.3, -0.25) is 0 Å². The molecule has 0 amide bonds. The van der Waals surface area contributed by atoms with Gasteiger partial charge in [-0.25, -0.2) is 0 Å². The normalized spacial score (nSPS) is 12.6. The molecule has 3 rings (SSSR count). The monoisotopic (exact) mass is 460 g/mol. The van der Waals surface area contributed by atoms with Crippen LogP contribution in [0.4, 0.5) is 0 Å². The van der Waals surface area contributed by atoms with Crippen molar-refractivity contribution >= 4 is 20.0 Å². The molecule has 2 aromatic carbocycles. The smallest absolute Gasteiger partial charge is 0.411 e. The van der Waals surface area contributed by atoms with E-state index in [9.17, 15) is 4.57 Å². The Morgan fingerprint density at radius 2 is 1.94 bits per heavy atom. The molecule has 0 saturated heterocycles. The largest absolute Gasteiger partial charge is 0.694 e. The molecule has 3 aromatic rings. The lowest BCUT2D eigenvalue weighted by atomic mass is 10.1. The molecule has 2 N–H and O–H groups in total. The van der Waals surface area contributed by atoms with Crippen LogP contribution in [0.25, 0.3) is 11.5 Å². The second-order valence-electron chi connectivity index (χ2n) is 6.98. The number of benzene rings is 2. The number of rotatable bonds is 13. The summed E-state index contributed by atoms with van der Waals surface area (Å²) in [7, 11) is -2.51. The van der Waals surface area contributed by atoms with Crippen LogP contribution in [0.3, 0.4) is 0 Å². The van der Waals surface area contributed by atoms with Gasteiger partial charge in [-0.1, -0.05) is 67.6 Å². The Morgan fingerprint density at radius 1 is 1.16 bits per heavy atom. The van der Waals surface area contributed by atoms with Crippen molar-refractivity contribution in [3.05, 3.63) is 65.7 Å². The molecule has 9 heteroatoms. The van der Waals surface area contributed by atoms with Crippen molar-refractivity contribution in [2.24, 2.45) is 0 Å². The molecule has 0 aliphatic heterocycles. The van der Waals surface area contributed by atoms with Crippen LogP contribution in [0.2, 0.25) is 0 Å². The van der Waals surface area contributed by atoms with Gasteiger partial charge >= 0.3 is 8.25 Å². The molecule has 0 saturated carbocycles. The second kappa shape index (κ2) is 12.7. The van der Waals surface area contributed by atoms with E-state index < -0.39 is 8.25 Å². The molecule has 2 atom stereocenters. The number of thioether (sulfide) groups is 1. The van der Waals surface area contributed by atoms with Gasteiger partial charge in [0, 0.05) is 21.9 Å². The lowest BCUT2D eigenvalue weighted by molar-refractivity contribution is 0.276. The summed E-state index contributed by atoms with van der Waals surface area (Å²) in [6.45, 7) is 3.85. The van der Waals surface area contributed by atoms with Crippen LogP contribution < -0.4 is 5.32 Å². The van der Waals surface area contributed by atoms with Crippen molar-refractivity contribution in [1.82, 2.24) is 15.5 Å². The summed E-state index contributed by atoms with van der Waals surface area (Å²) in [5, 5.41) is 12.6. The van der Waals surface area contributed by atoms with Crippen molar-refractivity contribution in [3.63, 3.8) is 0 Å². The van der Waals surface area contributed by atoms with Gasteiger partial charge in [-0.2, -0.15) is 0 Å². The molecule has 7 nitrogen and oxygen atoms in total. The zero-order valence-corrected chi connectivity index (χ0v) is 19.1. The van der Waals surface area contributed by atoms with E-state index in [4.69, 9.17) is 9.31 Å². The minimum absolute atomic E-state index is 0.262. The molecule has 164 valence electrons. The second-order valence-corrected chi connectivity index (χ2v) is 8.87. The number of hydrogen-bond acceptors (Lipinski definition) is 7. The predicted octanol–water partition coefficient (Wildman–Crippen LogP) is 5.52. The summed E-state index contributed by atoms with van der Waals surface area (Å²) in [5.41, 5.74) is 3.27. The number of aromatic nitrogens is 2. The van der Waals surface area contributed by atoms with Crippen molar-refractivity contribution in [2.75, 3.05) is 13.2 Å². The molecule has 1 heterocycles. The fourth-order valence-electron chi connectivity index (χ4n) is 3.06. The molecule has 1 aromatic heterocycles. The van der Waals surface area contributed by atoms with Crippen LogP contribution in [0.5, 0.6) is 0 Å². The van der Waals surface area contributed by atoms with Gasteiger partial charge in [0.05, 0.1) is 0 Å². The van der Waals surface area contributed by atoms with Gasteiger partial charge < -0.3 is 9.73 Å². The highest BCUT2D eigenvalue weighted by Gasteiger charge is 2.17. The Balaban J connectivity index is 1.52. The summed E-state index contributed by atoms with van der Waals surface area (Å²) < 4.78 is 21.0. The Morgan fingerprint density at radius 3 is 2.65 bits per heavy atom. The quantitative estimate of drug-likeness (QED) is 0.196. The summed E-state index contributed by atoms with van der Waals surface area (Å²) in [5.74, 6) is 0.514. The molecule has 0 fully saturated rings. The predicted molar refractivity (Wildman–Crippen MR) is 122 cm³/mol. The van der Waals surface area contributed by atoms with E-state index in [0.717, 1.165) is 24.0 Å². The molecule has 31 heavy (non-hydrogen) atoms. The fourth-order valence-corrected chi connectivity index (χ4v) is 4.45. The van der Waals surface area contributed by atoms with E-state index in [2.05, 4.69) is 51.2 Å². The van der Waals surface area contributed by atoms with E-state index in [1.807, 2.05) is 30.3 Å². The van der Waals surface area contributed by atoms with Gasteiger partial charge in [-0.05, 0) is 42.6 Å². The zero-order valence-electron chi connectivity index (χ0n) is 17.4. The Bertz CT molecular complexity index is 937. The average molecular weight is 461 g/mol. The summed E-state index contributed by atoms with van der Waals surface area (Å²) in [6.07, 6.45) is 2.79. The number of hydrogen-bond donors (Lipinski definition) is 2. The van der Waals surface area contributed by atoms with Crippen molar-refractivity contribution in [1.29, 1.82) is 0 Å². The first-order valence-electron chi connectivity index (χ1n) is 10.3. The molecule has 0 aliphatic rings. The van der Waals surface area contributed by atoms with E-state index in [-0.39, 0.29) is 11.9 Å². The third kappa shape index (κ3) is 7.83. The Labute approximate surface area is 187 Å². The Hall–Kier alpha value is -2.09. The van der Waals surface area contributed by atoms with E-state index in [0.29, 0.717) is 30.6 Å². The van der Waals surface area contributed by atoms with Crippen LogP contribution in [0, 0.1) is 0 Å². The van der Waals surface area contributed by atoms with Gasteiger partial charge in [-0.15, -0.1) is 19.6 Å². The van der Waals surface area contributed by atoms with Crippen molar-refractivity contribution in [3.8, 4) is 11.5 Å². The highest BCUT2D eigenvalue weighted by Crippen LogP contribution is 2.38. The van der Waals surface area contributed by atoms with Crippen LogP contribution in [0.15, 0.2) is 64.2 Å². The first-order chi connectivity index (χ1) is 15.2. The van der Waals surface area contributed by atoms with Gasteiger partial charge in [0.15, 0.2) is 0 Å². The fraction of sp³-hybridized carbons (Fsp3) is 0.364. The standard InChI is InChI=1S/C22H26N3O4PS/c1-2-7-20(18-8-4-3-5-9-18)31-22-25-24-21(29-22)19-12-10-17(11-13-19)16-23-14-6-15-28-30(26)27/h3-5,8-13,20,23H,2,6-7,14-16H2,1H3/p+1. The maximum absolute atomic E-state index is 10.4. The zero-order chi connectivity index (χ0) is 21.9. The molecular formula is C22H27N3O4PS+. The lowest BCUT2D eigenvalue weighted by Crippen LogP contribution is -2.15. The average Bonchev–Trinajstić information content (AvgIpc) is 3.25. The summed E-state index contributed by atoms with van der Waals surface area (Å²) in [4.78, 5) is 8.58. The lowest BCUT2D eigenvalue weighted by Gasteiger charge is -2.13. The first-order valence-corrected chi connectivity index (χ1v) is 12.3. The van der Waals surface area contributed by atoms with Gasteiger partial charge in [0.1, 0.15) is 6.61 Å². The third-order valence-electron chi connectivity index (χ3n) is 4.60. The molecule has 0 radical (unpaired) electrons. The third-order valence-corrected chi connectivity index (χ3v) is 6.16.